The Kier molecular flexibility index (Phi) is 3.70. The van der Waals surface area contributed by atoms with E-state index in [-0.39, 0.29) is 23.2 Å². The maximum atomic E-state index is 12.9. The molecule has 4 heteroatoms. The number of hydrogen-bond donors (Lipinski definition) is 2. The fourth-order valence-corrected chi connectivity index (χ4v) is 4.44. The summed E-state index contributed by atoms with van der Waals surface area (Å²) in [5, 5.41) is 4.23. The number of hydrogen-bond acceptors (Lipinski definition) is 3. The number of carbonyl (C=O) groups is 1. The minimum absolute atomic E-state index is 0.0935. The predicted octanol–water partition coefficient (Wildman–Crippen LogP) is 3.82. The van der Waals surface area contributed by atoms with Gasteiger partial charge in [-0.3, -0.25) is 9.59 Å². The molecule has 0 spiro atoms. The largest absolute Gasteiger partial charge is 0.381 e. The van der Waals surface area contributed by atoms with Gasteiger partial charge in [-0.25, -0.2) is 0 Å². The normalized spacial score (nSPS) is 22.8. The third-order valence-corrected chi connectivity index (χ3v) is 5.74. The second-order valence-electron chi connectivity index (χ2n) is 7.07. The van der Waals surface area contributed by atoms with Crippen LogP contribution >= 0.6 is 0 Å². The molecule has 1 aliphatic heterocycles. The van der Waals surface area contributed by atoms with E-state index in [1.807, 2.05) is 26.0 Å². The summed E-state index contributed by atoms with van der Waals surface area (Å²) < 4.78 is 0. The molecule has 126 valence electrons. The summed E-state index contributed by atoms with van der Waals surface area (Å²) in [6.07, 6.45) is 5.84. The molecule has 0 saturated heterocycles. The Bertz CT molecular complexity index is 881. The number of H-pyrrole nitrogens is 1. The summed E-state index contributed by atoms with van der Waals surface area (Å²) in [7, 11) is 0. The van der Waals surface area contributed by atoms with Crippen molar-refractivity contribution in [3.63, 3.8) is 0 Å². The van der Waals surface area contributed by atoms with E-state index in [0.29, 0.717) is 5.39 Å². The number of pyridine rings is 1. The summed E-state index contributed by atoms with van der Waals surface area (Å²) in [4.78, 5) is 29.2. The Morgan fingerprint density at radius 1 is 1.08 bits per heavy atom. The maximum absolute atomic E-state index is 12.9. The standard InChI is InChI=1S/C20H24N2O2/c1-3-11-15(4-2)21-17-10-14-18(9-13(17)19(11)23)22-16-8-6-5-7-12(16)20(14)24/h9-10,12,16,22H,3-8H2,1-2H3,(H,21,23). The zero-order valence-corrected chi connectivity index (χ0v) is 14.4. The van der Waals surface area contributed by atoms with Crippen molar-refractivity contribution in [2.45, 2.75) is 58.4 Å². The summed E-state index contributed by atoms with van der Waals surface area (Å²) >= 11 is 0. The highest BCUT2D eigenvalue weighted by Gasteiger charge is 2.37. The molecule has 2 atom stereocenters. The number of fused-ring (bicyclic) bond motifs is 3. The van der Waals surface area contributed by atoms with Gasteiger partial charge in [0.05, 0.1) is 5.52 Å². The van der Waals surface area contributed by atoms with Gasteiger partial charge in [-0.15, -0.1) is 0 Å². The number of carbonyl (C=O) groups excluding carboxylic acids is 1. The van der Waals surface area contributed by atoms with E-state index in [2.05, 4.69) is 10.3 Å². The molecule has 1 aromatic carbocycles. The van der Waals surface area contributed by atoms with Crippen molar-refractivity contribution in [2.24, 2.45) is 5.92 Å². The van der Waals surface area contributed by atoms with Crippen LogP contribution < -0.4 is 10.7 Å². The number of benzene rings is 1. The molecule has 2 unspecified atom stereocenters. The first-order valence-electron chi connectivity index (χ1n) is 9.16. The molecule has 2 aliphatic rings. The Hall–Kier alpha value is -2.10. The number of aromatic amines is 1. The molecule has 0 radical (unpaired) electrons. The van der Waals surface area contributed by atoms with E-state index in [0.717, 1.165) is 60.1 Å². The summed E-state index contributed by atoms with van der Waals surface area (Å²) in [6, 6.07) is 4.02. The van der Waals surface area contributed by atoms with Crippen molar-refractivity contribution in [1.29, 1.82) is 0 Å². The third-order valence-electron chi connectivity index (χ3n) is 5.74. The summed E-state index contributed by atoms with van der Waals surface area (Å²) in [6.45, 7) is 4.07. The van der Waals surface area contributed by atoms with E-state index in [4.69, 9.17) is 0 Å². The van der Waals surface area contributed by atoms with Crippen molar-refractivity contribution in [2.75, 3.05) is 5.32 Å². The van der Waals surface area contributed by atoms with Gasteiger partial charge in [-0.1, -0.05) is 26.7 Å². The molecule has 4 rings (SSSR count). The van der Waals surface area contributed by atoms with Gasteiger partial charge in [-0.05, 0) is 37.8 Å². The van der Waals surface area contributed by atoms with Crippen LogP contribution in [0.4, 0.5) is 5.69 Å². The van der Waals surface area contributed by atoms with Crippen LogP contribution in [0.2, 0.25) is 0 Å². The monoisotopic (exact) mass is 324 g/mol. The molecule has 4 nitrogen and oxygen atoms in total. The first kappa shape index (κ1) is 15.4. The zero-order valence-electron chi connectivity index (χ0n) is 14.4. The molecular formula is C20H24N2O2. The highest BCUT2D eigenvalue weighted by Crippen LogP contribution is 2.37. The molecule has 1 aromatic heterocycles. The molecular weight excluding hydrogens is 300 g/mol. The molecule has 1 fully saturated rings. The maximum Gasteiger partial charge on any atom is 0.192 e. The number of rotatable bonds is 2. The Morgan fingerprint density at radius 2 is 1.88 bits per heavy atom. The van der Waals surface area contributed by atoms with Crippen LogP contribution in [0.5, 0.6) is 0 Å². The molecule has 2 aromatic rings. The number of aromatic nitrogens is 1. The first-order valence-corrected chi connectivity index (χ1v) is 9.16. The average Bonchev–Trinajstić information content (AvgIpc) is 2.61. The van der Waals surface area contributed by atoms with Crippen LogP contribution in [0, 0.1) is 5.92 Å². The van der Waals surface area contributed by atoms with Gasteiger partial charge in [-0.2, -0.15) is 0 Å². The lowest BCUT2D eigenvalue weighted by Crippen LogP contribution is -2.41. The Morgan fingerprint density at radius 3 is 2.62 bits per heavy atom. The van der Waals surface area contributed by atoms with Crippen LogP contribution in [0.15, 0.2) is 16.9 Å². The van der Waals surface area contributed by atoms with Gasteiger partial charge < -0.3 is 10.3 Å². The van der Waals surface area contributed by atoms with Crippen molar-refractivity contribution in [3.8, 4) is 0 Å². The Balaban J connectivity index is 1.93. The lowest BCUT2D eigenvalue weighted by molar-refractivity contribution is 0.0870. The van der Waals surface area contributed by atoms with Crippen molar-refractivity contribution < 1.29 is 4.79 Å². The number of nitrogens with one attached hydrogen (secondary N) is 2. The van der Waals surface area contributed by atoms with Gasteiger partial charge in [0, 0.05) is 39.9 Å². The van der Waals surface area contributed by atoms with E-state index in [1.54, 1.807) is 0 Å². The van der Waals surface area contributed by atoms with Gasteiger partial charge in [0.2, 0.25) is 0 Å². The van der Waals surface area contributed by atoms with Crippen LogP contribution in [0.25, 0.3) is 10.9 Å². The predicted molar refractivity (Wildman–Crippen MR) is 97.0 cm³/mol. The van der Waals surface area contributed by atoms with Crippen LogP contribution in [0.1, 0.15) is 61.1 Å². The van der Waals surface area contributed by atoms with Crippen molar-refractivity contribution >= 4 is 22.4 Å². The van der Waals surface area contributed by atoms with Crippen molar-refractivity contribution in [3.05, 3.63) is 39.2 Å². The van der Waals surface area contributed by atoms with Gasteiger partial charge >= 0.3 is 0 Å². The molecule has 2 heterocycles. The van der Waals surface area contributed by atoms with E-state index in [9.17, 15) is 9.59 Å². The first-order chi connectivity index (χ1) is 11.6. The number of Topliss-reactive ketones (excluding diaryl/α,β-unsaturated/α-hetero) is 1. The molecule has 1 aliphatic carbocycles. The summed E-state index contributed by atoms with van der Waals surface area (Å²) in [5.41, 5.74) is 4.33. The second kappa shape index (κ2) is 5.76. The van der Waals surface area contributed by atoms with Crippen LogP contribution in [-0.4, -0.2) is 16.8 Å². The molecule has 0 amide bonds. The van der Waals surface area contributed by atoms with Crippen LogP contribution in [-0.2, 0) is 12.8 Å². The Labute approximate surface area is 141 Å². The molecule has 2 N–H and O–H groups in total. The van der Waals surface area contributed by atoms with Gasteiger partial charge in [0.15, 0.2) is 11.2 Å². The highest BCUT2D eigenvalue weighted by molar-refractivity contribution is 6.08. The highest BCUT2D eigenvalue weighted by atomic mass is 16.1. The average molecular weight is 324 g/mol. The minimum Gasteiger partial charge on any atom is -0.381 e. The number of ketones is 1. The number of aryl methyl sites for hydroxylation is 1. The fraction of sp³-hybridized carbons (Fsp3) is 0.500. The molecule has 1 saturated carbocycles. The lowest BCUT2D eigenvalue weighted by Gasteiger charge is -2.36. The van der Waals surface area contributed by atoms with E-state index in [1.165, 1.54) is 6.42 Å². The quantitative estimate of drug-likeness (QED) is 0.883. The topological polar surface area (TPSA) is 62.0 Å². The SMILES string of the molecule is CCc1[nH]c2cc3c(cc2c(=O)c1CC)NC1CCCCC1C3=O. The minimum atomic E-state index is 0.0935. The second-order valence-corrected chi connectivity index (χ2v) is 7.07. The zero-order chi connectivity index (χ0) is 16.8. The number of anilines is 1. The smallest absolute Gasteiger partial charge is 0.192 e. The van der Waals surface area contributed by atoms with Gasteiger partial charge in [0.25, 0.3) is 0 Å². The van der Waals surface area contributed by atoms with E-state index >= 15 is 0 Å². The summed E-state index contributed by atoms with van der Waals surface area (Å²) in [5.74, 6) is 0.338. The van der Waals surface area contributed by atoms with Crippen LogP contribution in [0.3, 0.4) is 0 Å². The van der Waals surface area contributed by atoms with Crippen molar-refractivity contribution in [1.82, 2.24) is 4.98 Å². The molecule has 24 heavy (non-hydrogen) atoms. The third kappa shape index (κ3) is 2.20. The van der Waals surface area contributed by atoms with Gasteiger partial charge in [0.1, 0.15) is 0 Å². The molecule has 0 bridgehead atoms. The van der Waals surface area contributed by atoms with E-state index < -0.39 is 0 Å². The lowest BCUT2D eigenvalue weighted by atomic mass is 9.76. The fourth-order valence-electron chi connectivity index (χ4n) is 4.44.